The number of hydrogen-bond donors (Lipinski definition) is 1. The Balaban J connectivity index is 2.03. The monoisotopic (exact) mass is 340 g/mol. The molecular weight excluding hydrogens is 332 g/mol. The Morgan fingerprint density at radius 3 is 3.05 bits per heavy atom. The van der Waals surface area contributed by atoms with Crippen LogP contribution < -0.4 is 0 Å². The van der Waals surface area contributed by atoms with Gasteiger partial charge in [0.15, 0.2) is 10.8 Å². The molecule has 3 aromatic rings. The molecule has 0 atom stereocenters. The molecule has 0 saturated carbocycles. The molecule has 0 aromatic carbocycles. The van der Waals surface area contributed by atoms with E-state index in [0.29, 0.717) is 27.9 Å². The molecule has 0 aliphatic rings. The van der Waals surface area contributed by atoms with E-state index in [-0.39, 0.29) is 5.75 Å². The molecule has 3 aromatic heterocycles. The van der Waals surface area contributed by atoms with E-state index in [1.807, 2.05) is 9.95 Å². The highest BCUT2D eigenvalue weighted by molar-refractivity contribution is 7.99. The summed E-state index contributed by atoms with van der Waals surface area (Å²) in [4.78, 5) is 23.7. The summed E-state index contributed by atoms with van der Waals surface area (Å²) in [6, 6.07) is 1.72. The van der Waals surface area contributed by atoms with Gasteiger partial charge in [0.2, 0.25) is 0 Å². The summed E-state index contributed by atoms with van der Waals surface area (Å²) in [6.45, 7) is 0.505. The maximum Gasteiger partial charge on any atom is 0.313 e. The number of nitrogens with zero attached hydrogens (tertiary/aromatic N) is 4. The minimum Gasteiger partial charge on any atom is -0.481 e. The first-order valence-corrected chi connectivity index (χ1v) is 8.12. The third-order valence-corrected chi connectivity index (χ3v) is 4.55. The van der Waals surface area contributed by atoms with Crippen LogP contribution in [-0.2, 0) is 11.3 Å². The molecule has 1 N–H and O–H groups in total. The molecule has 0 saturated heterocycles. The number of fused-ring (bicyclic) bond motifs is 1. The van der Waals surface area contributed by atoms with Crippen LogP contribution in [0.15, 0.2) is 29.0 Å². The van der Waals surface area contributed by atoms with E-state index in [1.165, 1.54) is 11.3 Å². The molecule has 0 unspecified atom stereocenters. The van der Waals surface area contributed by atoms with E-state index in [2.05, 4.69) is 15.0 Å². The van der Waals surface area contributed by atoms with Crippen molar-refractivity contribution in [1.82, 2.24) is 19.5 Å². The number of carboxylic acids is 1. The summed E-state index contributed by atoms with van der Waals surface area (Å²) in [6.07, 6.45) is 3.28. The highest BCUT2D eigenvalue weighted by Gasteiger charge is 2.15. The van der Waals surface area contributed by atoms with E-state index in [9.17, 15) is 4.79 Å². The van der Waals surface area contributed by atoms with E-state index < -0.39 is 5.97 Å². The lowest BCUT2D eigenvalue weighted by Crippen LogP contribution is -2.04. The van der Waals surface area contributed by atoms with Crippen molar-refractivity contribution in [1.29, 1.82) is 0 Å². The SMILES string of the molecule is O=C(O)CSc1nc2cc(Cl)cnc2n1Cc1nccs1. The molecule has 0 spiro atoms. The Morgan fingerprint density at radius 2 is 2.33 bits per heavy atom. The summed E-state index contributed by atoms with van der Waals surface area (Å²) in [5.41, 5.74) is 1.31. The minimum atomic E-state index is -0.890. The first-order chi connectivity index (χ1) is 10.1. The lowest BCUT2D eigenvalue weighted by molar-refractivity contribution is -0.133. The minimum absolute atomic E-state index is 0.0606. The molecule has 6 nitrogen and oxygen atoms in total. The van der Waals surface area contributed by atoms with Gasteiger partial charge in [0, 0.05) is 17.8 Å². The van der Waals surface area contributed by atoms with Gasteiger partial charge in [0.25, 0.3) is 0 Å². The fourth-order valence-electron chi connectivity index (χ4n) is 1.81. The number of imidazole rings is 1. The van der Waals surface area contributed by atoms with Crippen LogP contribution in [0.1, 0.15) is 5.01 Å². The molecule has 21 heavy (non-hydrogen) atoms. The van der Waals surface area contributed by atoms with E-state index >= 15 is 0 Å². The number of pyridine rings is 1. The number of aromatic nitrogens is 4. The van der Waals surface area contributed by atoms with Crippen LogP contribution in [0, 0.1) is 0 Å². The highest BCUT2D eigenvalue weighted by atomic mass is 35.5. The topological polar surface area (TPSA) is 80.9 Å². The van der Waals surface area contributed by atoms with E-state index in [0.717, 1.165) is 16.8 Å². The second-order valence-electron chi connectivity index (χ2n) is 4.09. The fraction of sp³-hybridized carbons (Fsp3) is 0.167. The van der Waals surface area contributed by atoms with Gasteiger partial charge in [-0.25, -0.2) is 15.0 Å². The second-order valence-corrected chi connectivity index (χ2v) is 6.44. The summed E-state index contributed by atoms with van der Waals surface area (Å²) in [5.74, 6) is -0.951. The first kappa shape index (κ1) is 14.3. The molecular formula is C12H9ClN4O2S2. The number of aliphatic carboxylic acids is 1. The number of thiazole rings is 1. The zero-order valence-electron chi connectivity index (χ0n) is 10.6. The predicted molar refractivity (Wildman–Crippen MR) is 82.1 cm³/mol. The molecule has 9 heteroatoms. The van der Waals surface area contributed by atoms with Crippen molar-refractivity contribution in [3.8, 4) is 0 Å². The molecule has 0 aliphatic carbocycles. The van der Waals surface area contributed by atoms with Crippen LogP contribution in [-0.4, -0.2) is 36.3 Å². The summed E-state index contributed by atoms with van der Waals surface area (Å²) in [5, 5.41) is 12.7. The van der Waals surface area contributed by atoms with Gasteiger partial charge in [-0.05, 0) is 6.07 Å². The normalized spacial score (nSPS) is 11.1. The van der Waals surface area contributed by atoms with Crippen LogP contribution in [0.25, 0.3) is 11.2 Å². The Labute approximate surface area is 132 Å². The Morgan fingerprint density at radius 1 is 1.48 bits per heavy atom. The molecule has 0 radical (unpaired) electrons. The second kappa shape index (κ2) is 6.00. The highest BCUT2D eigenvalue weighted by Crippen LogP contribution is 2.26. The van der Waals surface area contributed by atoms with Crippen molar-refractivity contribution < 1.29 is 9.90 Å². The summed E-state index contributed by atoms with van der Waals surface area (Å²) < 4.78 is 1.86. The zero-order chi connectivity index (χ0) is 14.8. The molecule has 3 heterocycles. The van der Waals surface area contributed by atoms with Gasteiger partial charge < -0.3 is 5.11 Å². The molecule has 0 aliphatic heterocycles. The zero-order valence-corrected chi connectivity index (χ0v) is 13.0. The van der Waals surface area contributed by atoms with E-state index in [4.69, 9.17) is 16.7 Å². The Bertz CT molecular complexity index is 788. The van der Waals surface area contributed by atoms with Gasteiger partial charge in [0.05, 0.1) is 17.3 Å². The van der Waals surface area contributed by atoms with E-state index in [1.54, 1.807) is 18.5 Å². The molecule has 0 fully saturated rings. The average molecular weight is 341 g/mol. The Hall–Kier alpha value is -1.64. The van der Waals surface area contributed by atoms with Crippen molar-refractivity contribution in [3.63, 3.8) is 0 Å². The summed E-state index contributed by atoms with van der Waals surface area (Å²) in [7, 11) is 0. The standard InChI is InChI=1S/C12H9ClN4O2S2/c13-7-3-8-11(15-4-7)17(5-9-14-1-2-20-9)12(16-8)21-6-10(18)19/h1-4H,5-6H2,(H,18,19). The van der Waals surface area contributed by atoms with Gasteiger partial charge in [-0.15, -0.1) is 11.3 Å². The smallest absolute Gasteiger partial charge is 0.313 e. The third-order valence-electron chi connectivity index (χ3n) is 2.62. The molecule has 3 rings (SSSR count). The predicted octanol–water partition coefficient (Wildman–Crippen LogP) is 2.77. The largest absolute Gasteiger partial charge is 0.481 e. The lowest BCUT2D eigenvalue weighted by Gasteiger charge is -2.05. The first-order valence-electron chi connectivity index (χ1n) is 5.88. The number of hydrogen-bond acceptors (Lipinski definition) is 6. The van der Waals surface area contributed by atoms with Gasteiger partial charge in [-0.2, -0.15) is 0 Å². The molecule has 0 bridgehead atoms. The summed E-state index contributed by atoms with van der Waals surface area (Å²) >= 11 is 8.61. The average Bonchev–Trinajstić information content (AvgIpc) is 3.05. The van der Waals surface area contributed by atoms with Gasteiger partial charge >= 0.3 is 5.97 Å². The van der Waals surface area contributed by atoms with Gasteiger partial charge in [-0.3, -0.25) is 9.36 Å². The quantitative estimate of drug-likeness (QED) is 0.719. The van der Waals surface area contributed by atoms with Crippen molar-refractivity contribution in [2.45, 2.75) is 11.7 Å². The van der Waals surface area contributed by atoms with Crippen LogP contribution in [0.2, 0.25) is 5.02 Å². The number of carboxylic acid groups (broad SMARTS) is 1. The van der Waals surface area contributed by atoms with Crippen LogP contribution in [0.5, 0.6) is 0 Å². The number of rotatable bonds is 5. The van der Waals surface area contributed by atoms with Gasteiger partial charge in [-0.1, -0.05) is 23.4 Å². The maximum atomic E-state index is 10.8. The van der Waals surface area contributed by atoms with Crippen molar-refractivity contribution in [3.05, 3.63) is 33.9 Å². The van der Waals surface area contributed by atoms with Crippen LogP contribution in [0.3, 0.4) is 0 Å². The van der Waals surface area contributed by atoms with Crippen LogP contribution >= 0.6 is 34.7 Å². The molecule has 0 amide bonds. The number of carbonyl (C=O) groups is 1. The third kappa shape index (κ3) is 3.17. The number of halogens is 1. The molecule has 108 valence electrons. The number of thioether (sulfide) groups is 1. The van der Waals surface area contributed by atoms with Crippen molar-refractivity contribution >= 4 is 51.8 Å². The maximum absolute atomic E-state index is 10.8. The lowest BCUT2D eigenvalue weighted by atomic mass is 10.4. The van der Waals surface area contributed by atoms with Crippen molar-refractivity contribution in [2.24, 2.45) is 0 Å². The van der Waals surface area contributed by atoms with Crippen molar-refractivity contribution in [2.75, 3.05) is 5.75 Å². The fourth-order valence-corrected chi connectivity index (χ4v) is 3.29. The Kier molecular flexibility index (Phi) is 4.09. The van der Waals surface area contributed by atoms with Gasteiger partial charge in [0.1, 0.15) is 10.5 Å². The van der Waals surface area contributed by atoms with Crippen LogP contribution in [0.4, 0.5) is 0 Å².